The van der Waals surface area contributed by atoms with Crippen LogP contribution in [0.5, 0.6) is 0 Å². The number of nitrogens with zero attached hydrogens (tertiary/aromatic N) is 1. The molecule has 2 N–H and O–H groups in total. The standard InChI is InChI=1S/C11H16BrN3.ClH/c12-10-3-4-11(15-8-10)14-7-9-2-1-5-13-6-9;/h3-4,8-9,13H,1-2,5-7H2,(H,14,15);1H. The van der Waals surface area contributed by atoms with Crippen LogP contribution in [-0.2, 0) is 0 Å². The van der Waals surface area contributed by atoms with Gasteiger partial charge in [0, 0.05) is 17.2 Å². The van der Waals surface area contributed by atoms with Crippen molar-refractivity contribution in [2.45, 2.75) is 12.8 Å². The van der Waals surface area contributed by atoms with Gasteiger partial charge in [-0.2, -0.15) is 0 Å². The molecule has 3 nitrogen and oxygen atoms in total. The Morgan fingerprint density at radius 3 is 3.00 bits per heavy atom. The molecule has 1 atom stereocenters. The zero-order valence-corrected chi connectivity index (χ0v) is 11.5. The average molecular weight is 307 g/mol. The van der Waals surface area contributed by atoms with E-state index in [9.17, 15) is 0 Å². The lowest BCUT2D eigenvalue weighted by Gasteiger charge is -2.23. The molecule has 1 saturated heterocycles. The summed E-state index contributed by atoms with van der Waals surface area (Å²) >= 11 is 3.37. The van der Waals surface area contributed by atoms with E-state index < -0.39 is 0 Å². The predicted octanol–water partition coefficient (Wildman–Crippen LogP) is 2.68. The van der Waals surface area contributed by atoms with Crippen LogP contribution >= 0.6 is 28.3 Å². The monoisotopic (exact) mass is 305 g/mol. The van der Waals surface area contributed by atoms with E-state index >= 15 is 0 Å². The molecule has 1 unspecified atom stereocenters. The van der Waals surface area contributed by atoms with Gasteiger partial charge in [-0.25, -0.2) is 4.98 Å². The normalized spacial score (nSPS) is 19.9. The second kappa shape index (κ2) is 7.09. The zero-order valence-electron chi connectivity index (χ0n) is 9.08. The summed E-state index contributed by atoms with van der Waals surface area (Å²) in [4.78, 5) is 4.28. The summed E-state index contributed by atoms with van der Waals surface area (Å²) in [5.74, 6) is 1.70. The Hall–Kier alpha value is -0.320. The molecule has 0 saturated carbocycles. The number of piperidine rings is 1. The van der Waals surface area contributed by atoms with Crippen molar-refractivity contribution in [3.05, 3.63) is 22.8 Å². The van der Waals surface area contributed by atoms with Crippen molar-refractivity contribution in [1.29, 1.82) is 0 Å². The summed E-state index contributed by atoms with van der Waals surface area (Å²) in [6.07, 6.45) is 4.43. The quantitative estimate of drug-likeness (QED) is 0.901. The molecule has 16 heavy (non-hydrogen) atoms. The Kier molecular flexibility index (Phi) is 6.09. The molecule has 0 radical (unpaired) electrons. The Morgan fingerprint density at radius 1 is 1.50 bits per heavy atom. The molecule has 5 heteroatoms. The molecular weight excluding hydrogens is 289 g/mol. The maximum Gasteiger partial charge on any atom is 0.125 e. The largest absolute Gasteiger partial charge is 0.370 e. The minimum Gasteiger partial charge on any atom is -0.370 e. The molecule has 1 aliphatic rings. The fraction of sp³-hybridized carbons (Fsp3) is 0.545. The van der Waals surface area contributed by atoms with Crippen molar-refractivity contribution in [3.8, 4) is 0 Å². The van der Waals surface area contributed by atoms with Crippen LogP contribution < -0.4 is 10.6 Å². The van der Waals surface area contributed by atoms with E-state index in [1.165, 1.54) is 19.4 Å². The highest BCUT2D eigenvalue weighted by Crippen LogP contribution is 2.13. The minimum absolute atomic E-state index is 0. The molecule has 1 fully saturated rings. The van der Waals surface area contributed by atoms with Crippen LogP contribution in [0.1, 0.15) is 12.8 Å². The number of rotatable bonds is 3. The van der Waals surface area contributed by atoms with E-state index in [2.05, 4.69) is 31.5 Å². The number of hydrogen-bond acceptors (Lipinski definition) is 3. The van der Waals surface area contributed by atoms with E-state index in [0.717, 1.165) is 29.3 Å². The molecule has 0 bridgehead atoms. The van der Waals surface area contributed by atoms with Gasteiger partial charge < -0.3 is 10.6 Å². The van der Waals surface area contributed by atoms with Crippen molar-refractivity contribution < 1.29 is 0 Å². The summed E-state index contributed by atoms with van der Waals surface area (Å²) in [5.41, 5.74) is 0. The third-order valence-corrected chi connectivity index (χ3v) is 3.17. The fourth-order valence-electron chi connectivity index (χ4n) is 1.83. The second-order valence-electron chi connectivity index (χ2n) is 3.95. The lowest BCUT2D eigenvalue weighted by atomic mass is 10.00. The first-order chi connectivity index (χ1) is 7.34. The molecule has 0 spiro atoms. The van der Waals surface area contributed by atoms with Crippen LogP contribution in [0.3, 0.4) is 0 Å². The van der Waals surface area contributed by atoms with Crippen LogP contribution in [0.4, 0.5) is 5.82 Å². The maximum absolute atomic E-state index is 4.28. The molecule has 0 amide bonds. The van der Waals surface area contributed by atoms with E-state index in [-0.39, 0.29) is 12.4 Å². The first-order valence-corrected chi connectivity index (χ1v) is 6.20. The van der Waals surface area contributed by atoms with Gasteiger partial charge in [-0.15, -0.1) is 12.4 Å². The van der Waals surface area contributed by atoms with Gasteiger partial charge in [0.1, 0.15) is 5.82 Å². The van der Waals surface area contributed by atoms with Crippen molar-refractivity contribution in [2.24, 2.45) is 5.92 Å². The van der Waals surface area contributed by atoms with Gasteiger partial charge in [0.15, 0.2) is 0 Å². The van der Waals surface area contributed by atoms with Gasteiger partial charge >= 0.3 is 0 Å². The van der Waals surface area contributed by atoms with Gasteiger partial charge in [0.2, 0.25) is 0 Å². The van der Waals surface area contributed by atoms with E-state index in [4.69, 9.17) is 0 Å². The Labute approximate surface area is 111 Å². The molecular formula is C11H17BrClN3. The first-order valence-electron chi connectivity index (χ1n) is 5.41. The fourth-order valence-corrected chi connectivity index (χ4v) is 2.06. The third kappa shape index (κ3) is 4.28. The minimum atomic E-state index is 0. The molecule has 0 aromatic carbocycles. The summed E-state index contributed by atoms with van der Waals surface area (Å²) in [6.45, 7) is 3.32. The van der Waals surface area contributed by atoms with Crippen molar-refractivity contribution in [3.63, 3.8) is 0 Å². The Morgan fingerprint density at radius 2 is 2.38 bits per heavy atom. The smallest absolute Gasteiger partial charge is 0.125 e. The number of hydrogen-bond donors (Lipinski definition) is 2. The zero-order chi connectivity index (χ0) is 10.5. The maximum atomic E-state index is 4.28. The van der Waals surface area contributed by atoms with E-state index in [0.29, 0.717) is 0 Å². The topological polar surface area (TPSA) is 37.0 Å². The molecule has 1 aromatic heterocycles. The Balaban J connectivity index is 0.00000128. The van der Waals surface area contributed by atoms with Crippen LogP contribution in [-0.4, -0.2) is 24.6 Å². The van der Waals surface area contributed by atoms with E-state index in [1.807, 2.05) is 18.3 Å². The van der Waals surface area contributed by atoms with Gasteiger partial charge in [-0.1, -0.05) is 0 Å². The lowest BCUT2D eigenvalue weighted by molar-refractivity contribution is 0.392. The average Bonchev–Trinajstić information content (AvgIpc) is 2.30. The van der Waals surface area contributed by atoms with E-state index in [1.54, 1.807) is 0 Å². The number of aromatic nitrogens is 1. The van der Waals surface area contributed by atoms with Crippen molar-refractivity contribution in [2.75, 3.05) is 25.0 Å². The summed E-state index contributed by atoms with van der Waals surface area (Å²) in [7, 11) is 0. The molecule has 2 rings (SSSR count). The molecule has 2 heterocycles. The first kappa shape index (κ1) is 13.7. The Bertz CT molecular complexity index is 299. The third-order valence-electron chi connectivity index (χ3n) is 2.70. The molecule has 1 aromatic rings. The number of halogens is 2. The van der Waals surface area contributed by atoms with Crippen LogP contribution in [0.15, 0.2) is 22.8 Å². The highest BCUT2D eigenvalue weighted by atomic mass is 79.9. The van der Waals surface area contributed by atoms with Crippen LogP contribution in [0.2, 0.25) is 0 Å². The van der Waals surface area contributed by atoms with Crippen molar-refractivity contribution >= 4 is 34.2 Å². The SMILES string of the molecule is Brc1ccc(NCC2CCCNC2)nc1.Cl. The highest BCUT2D eigenvalue weighted by Gasteiger charge is 2.12. The highest BCUT2D eigenvalue weighted by molar-refractivity contribution is 9.10. The van der Waals surface area contributed by atoms with Crippen LogP contribution in [0.25, 0.3) is 0 Å². The predicted molar refractivity (Wildman–Crippen MR) is 73.3 cm³/mol. The van der Waals surface area contributed by atoms with Gasteiger partial charge in [0.05, 0.1) is 0 Å². The molecule has 90 valence electrons. The lowest BCUT2D eigenvalue weighted by Crippen LogP contribution is -2.33. The number of anilines is 1. The summed E-state index contributed by atoms with van der Waals surface area (Å²) < 4.78 is 1.02. The second-order valence-corrected chi connectivity index (χ2v) is 4.87. The van der Waals surface area contributed by atoms with Crippen LogP contribution in [0, 0.1) is 5.92 Å². The van der Waals surface area contributed by atoms with Gasteiger partial charge in [-0.05, 0) is 59.9 Å². The summed E-state index contributed by atoms with van der Waals surface area (Å²) in [6, 6.07) is 4.01. The molecule has 1 aliphatic heterocycles. The van der Waals surface area contributed by atoms with Crippen molar-refractivity contribution in [1.82, 2.24) is 10.3 Å². The number of pyridine rings is 1. The van der Waals surface area contributed by atoms with Gasteiger partial charge in [0.25, 0.3) is 0 Å². The summed E-state index contributed by atoms with van der Waals surface area (Å²) in [5, 5.41) is 6.78. The van der Waals surface area contributed by atoms with Gasteiger partial charge in [-0.3, -0.25) is 0 Å². The number of nitrogens with one attached hydrogen (secondary N) is 2. The molecule has 0 aliphatic carbocycles.